The molecule has 0 aromatic carbocycles. The number of carbonyl (C=O) groups is 2. The number of hydrazine groups is 1. The number of rotatable bonds is 5. The number of aromatic nitrogens is 4. The molecule has 33 heavy (non-hydrogen) atoms. The van der Waals surface area contributed by atoms with E-state index in [1.54, 1.807) is 51.2 Å². The molecule has 3 aromatic rings. The van der Waals surface area contributed by atoms with E-state index in [0.29, 0.717) is 17.0 Å². The van der Waals surface area contributed by atoms with E-state index in [4.69, 9.17) is 9.47 Å². The molecule has 0 spiro atoms. The highest BCUT2D eigenvalue weighted by molar-refractivity contribution is 5.94. The van der Waals surface area contributed by atoms with Crippen LogP contribution in [0.4, 0.5) is 4.79 Å². The van der Waals surface area contributed by atoms with Gasteiger partial charge in [-0.05, 0) is 45.0 Å². The summed E-state index contributed by atoms with van der Waals surface area (Å²) < 4.78 is 11.6. The van der Waals surface area contributed by atoms with Crippen LogP contribution in [0.3, 0.4) is 0 Å². The Morgan fingerprint density at radius 2 is 1.82 bits per heavy atom. The van der Waals surface area contributed by atoms with Gasteiger partial charge in [-0.1, -0.05) is 6.07 Å². The van der Waals surface area contributed by atoms with Gasteiger partial charge < -0.3 is 9.47 Å². The highest BCUT2D eigenvalue weighted by atomic mass is 16.6. The van der Waals surface area contributed by atoms with E-state index in [0.717, 1.165) is 0 Å². The molecule has 0 atom stereocenters. The number of nitrogens with zero attached hydrogens (tertiary/aromatic N) is 4. The number of hydrogen-bond donors (Lipinski definition) is 2. The summed E-state index contributed by atoms with van der Waals surface area (Å²) in [5, 5.41) is 0. The third kappa shape index (κ3) is 6.12. The number of amides is 2. The maximum absolute atomic E-state index is 13.0. The summed E-state index contributed by atoms with van der Waals surface area (Å²) in [5.74, 6) is -0.575. The summed E-state index contributed by atoms with van der Waals surface area (Å²) in [7, 11) is 1.41. The van der Waals surface area contributed by atoms with Crippen molar-refractivity contribution in [1.82, 2.24) is 30.4 Å². The fourth-order valence-electron chi connectivity index (χ4n) is 2.77. The van der Waals surface area contributed by atoms with E-state index < -0.39 is 17.6 Å². The maximum Gasteiger partial charge on any atom is 0.426 e. The van der Waals surface area contributed by atoms with Crippen LogP contribution in [0.15, 0.2) is 53.7 Å². The number of nitrogens with one attached hydrogen (secondary N) is 2. The highest BCUT2D eigenvalue weighted by Crippen LogP contribution is 2.14. The minimum absolute atomic E-state index is 0.0632. The van der Waals surface area contributed by atoms with Gasteiger partial charge in [0.05, 0.1) is 36.2 Å². The van der Waals surface area contributed by atoms with E-state index in [2.05, 4.69) is 25.8 Å². The maximum atomic E-state index is 13.0. The summed E-state index contributed by atoms with van der Waals surface area (Å²) in [5.41, 5.74) is 4.89. The van der Waals surface area contributed by atoms with Crippen LogP contribution in [-0.2, 0) is 11.3 Å². The molecule has 2 N–H and O–H groups in total. The highest BCUT2D eigenvalue weighted by Gasteiger charge is 2.17. The van der Waals surface area contributed by atoms with Crippen LogP contribution in [-0.4, -0.2) is 44.2 Å². The van der Waals surface area contributed by atoms with Gasteiger partial charge in [-0.15, -0.1) is 0 Å². The van der Waals surface area contributed by atoms with Crippen LogP contribution in [0, 0.1) is 0 Å². The van der Waals surface area contributed by atoms with Gasteiger partial charge in [0.2, 0.25) is 0 Å². The smallest absolute Gasteiger partial charge is 0.426 e. The molecule has 0 fully saturated rings. The predicted molar refractivity (Wildman–Crippen MR) is 118 cm³/mol. The Hall–Kier alpha value is -4.28. The van der Waals surface area contributed by atoms with E-state index in [9.17, 15) is 14.4 Å². The van der Waals surface area contributed by atoms with Crippen molar-refractivity contribution < 1.29 is 19.1 Å². The van der Waals surface area contributed by atoms with Crippen LogP contribution < -0.4 is 21.1 Å². The molecule has 0 bridgehead atoms. The van der Waals surface area contributed by atoms with Gasteiger partial charge in [0, 0.05) is 18.6 Å². The standard InChI is InChI=1S/C22H24N6O5/c1-22(2,3)33-21(31)27-26-18(29)14-8-9-15(24-11-14)13-28-19(30)16(12-25-20(28)32-4)17-7-5-6-10-23-17/h5-12H,13H2,1-4H3,(H,26,29)(H,27,31). The van der Waals surface area contributed by atoms with Gasteiger partial charge in [0.25, 0.3) is 17.5 Å². The van der Waals surface area contributed by atoms with Crippen molar-refractivity contribution in [3.8, 4) is 17.3 Å². The Labute approximate surface area is 189 Å². The zero-order valence-corrected chi connectivity index (χ0v) is 18.7. The number of methoxy groups -OCH3 is 1. The molecule has 0 aliphatic heterocycles. The Morgan fingerprint density at radius 3 is 2.42 bits per heavy atom. The quantitative estimate of drug-likeness (QED) is 0.560. The van der Waals surface area contributed by atoms with Crippen LogP contribution >= 0.6 is 0 Å². The Balaban J connectivity index is 1.74. The lowest BCUT2D eigenvalue weighted by molar-refractivity contribution is 0.0483. The van der Waals surface area contributed by atoms with Gasteiger partial charge in [-0.2, -0.15) is 0 Å². The Kier molecular flexibility index (Phi) is 7.01. The van der Waals surface area contributed by atoms with Crippen molar-refractivity contribution in [2.45, 2.75) is 32.9 Å². The normalized spacial score (nSPS) is 10.9. The summed E-state index contributed by atoms with van der Waals surface area (Å²) in [4.78, 5) is 49.6. The predicted octanol–water partition coefficient (Wildman–Crippen LogP) is 1.93. The van der Waals surface area contributed by atoms with Crippen molar-refractivity contribution in [3.05, 3.63) is 70.5 Å². The molecular formula is C22H24N6O5. The second-order valence-corrected chi connectivity index (χ2v) is 7.88. The third-order valence-electron chi connectivity index (χ3n) is 4.22. The number of pyridine rings is 2. The first kappa shape index (κ1) is 23.4. The number of carbonyl (C=O) groups excluding carboxylic acids is 2. The van der Waals surface area contributed by atoms with E-state index >= 15 is 0 Å². The van der Waals surface area contributed by atoms with Crippen molar-refractivity contribution in [2.75, 3.05) is 7.11 Å². The second kappa shape index (κ2) is 9.90. The summed E-state index contributed by atoms with van der Waals surface area (Å²) in [6.07, 6.45) is 3.55. The molecule has 0 aliphatic carbocycles. The molecule has 0 aliphatic rings. The van der Waals surface area contributed by atoms with Gasteiger partial charge in [0.15, 0.2) is 0 Å². The molecule has 0 saturated heterocycles. The summed E-state index contributed by atoms with van der Waals surface area (Å²) >= 11 is 0. The SMILES string of the molecule is COc1ncc(-c2ccccn2)c(=O)n1Cc1ccc(C(=O)NNC(=O)OC(C)(C)C)cn1. The number of hydrogen-bond acceptors (Lipinski definition) is 8. The van der Waals surface area contributed by atoms with Crippen molar-refractivity contribution in [3.63, 3.8) is 0 Å². The second-order valence-electron chi connectivity index (χ2n) is 7.88. The van der Waals surface area contributed by atoms with Gasteiger partial charge in [-0.25, -0.2) is 15.2 Å². The van der Waals surface area contributed by atoms with Gasteiger partial charge in [0.1, 0.15) is 5.60 Å². The lowest BCUT2D eigenvalue weighted by Crippen LogP contribution is -2.44. The van der Waals surface area contributed by atoms with Crippen LogP contribution in [0.5, 0.6) is 6.01 Å². The first-order valence-corrected chi connectivity index (χ1v) is 9.97. The molecular weight excluding hydrogens is 428 g/mol. The van der Waals surface area contributed by atoms with Gasteiger partial charge >= 0.3 is 6.09 Å². The fraction of sp³-hybridized carbons (Fsp3) is 0.273. The lowest BCUT2D eigenvalue weighted by Gasteiger charge is -2.19. The molecule has 3 aromatic heterocycles. The molecule has 3 rings (SSSR count). The average molecular weight is 452 g/mol. The fourth-order valence-corrected chi connectivity index (χ4v) is 2.77. The monoisotopic (exact) mass is 452 g/mol. The Morgan fingerprint density at radius 1 is 1.03 bits per heavy atom. The average Bonchev–Trinajstić information content (AvgIpc) is 2.78. The molecule has 0 unspecified atom stereocenters. The zero-order chi connectivity index (χ0) is 24.0. The molecule has 11 nitrogen and oxygen atoms in total. The lowest BCUT2D eigenvalue weighted by atomic mass is 10.2. The molecule has 3 heterocycles. The topological polar surface area (TPSA) is 137 Å². The van der Waals surface area contributed by atoms with Crippen LogP contribution in [0.1, 0.15) is 36.8 Å². The minimum Gasteiger partial charge on any atom is -0.468 e. The largest absolute Gasteiger partial charge is 0.468 e. The van der Waals surface area contributed by atoms with Crippen molar-refractivity contribution >= 4 is 12.0 Å². The van der Waals surface area contributed by atoms with Crippen molar-refractivity contribution in [1.29, 1.82) is 0 Å². The Bertz CT molecular complexity index is 1190. The molecule has 0 radical (unpaired) electrons. The first-order valence-electron chi connectivity index (χ1n) is 9.97. The molecule has 11 heteroatoms. The van der Waals surface area contributed by atoms with E-state index in [-0.39, 0.29) is 23.7 Å². The van der Waals surface area contributed by atoms with E-state index in [1.165, 1.54) is 30.1 Å². The summed E-state index contributed by atoms with van der Waals surface area (Å²) in [6, 6.07) is 8.46. The third-order valence-corrected chi connectivity index (χ3v) is 4.22. The zero-order valence-electron chi connectivity index (χ0n) is 18.7. The minimum atomic E-state index is -0.785. The van der Waals surface area contributed by atoms with Crippen LogP contribution in [0.2, 0.25) is 0 Å². The summed E-state index contributed by atoms with van der Waals surface area (Å²) in [6.45, 7) is 5.19. The van der Waals surface area contributed by atoms with Crippen LogP contribution in [0.25, 0.3) is 11.3 Å². The van der Waals surface area contributed by atoms with E-state index in [1.807, 2.05) is 0 Å². The molecule has 0 saturated carbocycles. The van der Waals surface area contributed by atoms with Crippen molar-refractivity contribution in [2.24, 2.45) is 0 Å². The molecule has 2 amide bonds. The number of ether oxygens (including phenoxy) is 2. The van der Waals surface area contributed by atoms with Gasteiger partial charge in [-0.3, -0.25) is 29.5 Å². The molecule has 172 valence electrons. The first-order chi connectivity index (χ1) is 15.7.